The lowest BCUT2D eigenvalue weighted by Gasteiger charge is -2.23. The van der Waals surface area contributed by atoms with Crippen LogP contribution in [0.2, 0.25) is 0 Å². The number of ketones is 1. The standard InChI is InChI=1S/C15H20O3/c1-2-18-14(17)13-12-5-3-4-8-15(12,13)10-6-7-11(16)9-10/h9,12-13H,2-8H2,1H3. The van der Waals surface area contributed by atoms with Crippen molar-refractivity contribution < 1.29 is 14.3 Å². The summed E-state index contributed by atoms with van der Waals surface area (Å²) in [5, 5.41) is 0. The third-order valence-electron chi connectivity index (χ3n) is 4.98. The molecule has 3 atom stereocenters. The average molecular weight is 248 g/mol. The summed E-state index contributed by atoms with van der Waals surface area (Å²) < 4.78 is 5.22. The number of allylic oxidation sites excluding steroid dienone is 2. The molecule has 0 saturated heterocycles. The van der Waals surface area contributed by atoms with E-state index in [0.717, 1.165) is 19.3 Å². The van der Waals surface area contributed by atoms with E-state index in [1.807, 2.05) is 13.0 Å². The molecule has 3 aliphatic carbocycles. The smallest absolute Gasteiger partial charge is 0.310 e. The van der Waals surface area contributed by atoms with Crippen LogP contribution in [0.3, 0.4) is 0 Å². The number of carbonyl (C=O) groups is 2. The molecule has 3 aliphatic rings. The van der Waals surface area contributed by atoms with Crippen LogP contribution in [-0.2, 0) is 14.3 Å². The van der Waals surface area contributed by atoms with Crippen LogP contribution < -0.4 is 0 Å². The zero-order valence-electron chi connectivity index (χ0n) is 10.9. The first-order valence-corrected chi connectivity index (χ1v) is 7.10. The second-order valence-corrected chi connectivity index (χ2v) is 5.76. The van der Waals surface area contributed by atoms with Crippen LogP contribution in [0.4, 0.5) is 0 Å². The van der Waals surface area contributed by atoms with Crippen molar-refractivity contribution in [3.63, 3.8) is 0 Å². The van der Waals surface area contributed by atoms with Gasteiger partial charge in [0.2, 0.25) is 0 Å². The fourth-order valence-corrected chi connectivity index (χ4v) is 4.23. The zero-order valence-corrected chi connectivity index (χ0v) is 10.9. The first kappa shape index (κ1) is 11.9. The summed E-state index contributed by atoms with van der Waals surface area (Å²) in [6.07, 6.45) is 7.90. The summed E-state index contributed by atoms with van der Waals surface area (Å²) in [4.78, 5) is 23.5. The van der Waals surface area contributed by atoms with Crippen LogP contribution >= 0.6 is 0 Å². The van der Waals surface area contributed by atoms with Gasteiger partial charge in [-0.2, -0.15) is 0 Å². The average Bonchev–Trinajstić information content (AvgIpc) is 2.87. The Morgan fingerprint density at radius 2 is 2.28 bits per heavy atom. The molecular weight excluding hydrogens is 228 g/mol. The Bertz CT molecular complexity index is 423. The molecule has 98 valence electrons. The van der Waals surface area contributed by atoms with Crippen molar-refractivity contribution in [2.24, 2.45) is 17.3 Å². The van der Waals surface area contributed by atoms with E-state index < -0.39 is 0 Å². The van der Waals surface area contributed by atoms with E-state index in [4.69, 9.17) is 4.74 Å². The SMILES string of the molecule is CCOC(=O)C1C2CCCCC21C1=CC(=O)CC1. The molecule has 3 heteroatoms. The van der Waals surface area contributed by atoms with Gasteiger partial charge in [0.15, 0.2) is 5.78 Å². The van der Waals surface area contributed by atoms with Crippen molar-refractivity contribution in [2.75, 3.05) is 6.61 Å². The minimum Gasteiger partial charge on any atom is -0.466 e. The molecular formula is C15H20O3. The van der Waals surface area contributed by atoms with Gasteiger partial charge in [0.05, 0.1) is 12.5 Å². The van der Waals surface area contributed by atoms with Gasteiger partial charge in [-0.25, -0.2) is 0 Å². The Labute approximate surface area is 108 Å². The van der Waals surface area contributed by atoms with Gasteiger partial charge in [0.1, 0.15) is 0 Å². The quantitative estimate of drug-likeness (QED) is 0.721. The van der Waals surface area contributed by atoms with E-state index in [-0.39, 0.29) is 23.1 Å². The molecule has 0 N–H and O–H groups in total. The Hall–Kier alpha value is -1.12. The number of carbonyl (C=O) groups excluding carboxylic acids is 2. The first-order chi connectivity index (χ1) is 8.70. The predicted octanol–water partition coefficient (Wildman–Crippen LogP) is 2.65. The van der Waals surface area contributed by atoms with Crippen molar-refractivity contribution >= 4 is 11.8 Å². The molecule has 0 radical (unpaired) electrons. The van der Waals surface area contributed by atoms with Crippen molar-refractivity contribution in [3.8, 4) is 0 Å². The minimum absolute atomic E-state index is 0.0106. The Morgan fingerprint density at radius 3 is 2.94 bits per heavy atom. The van der Waals surface area contributed by atoms with E-state index in [1.165, 1.54) is 18.4 Å². The molecule has 0 aromatic rings. The third kappa shape index (κ3) is 1.56. The normalized spacial score (nSPS) is 38.1. The summed E-state index contributed by atoms with van der Waals surface area (Å²) in [5.74, 6) is 0.683. The topological polar surface area (TPSA) is 43.4 Å². The maximum atomic E-state index is 12.1. The molecule has 0 aliphatic heterocycles. The summed E-state index contributed by atoms with van der Waals surface area (Å²) in [6, 6.07) is 0. The summed E-state index contributed by atoms with van der Waals surface area (Å²) in [6.45, 7) is 2.31. The summed E-state index contributed by atoms with van der Waals surface area (Å²) in [7, 11) is 0. The number of hydrogen-bond acceptors (Lipinski definition) is 3. The van der Waals surface area contributed by atoms with E-state index >= 15 is 0 Å². The molecule has 0 heterocycles. The zero-order chi connectivity index (χ0) is 12.8. The molecule has 0 aromatic carbocycles. The number of rotatable bonds is 3. The van der Waals surface area contributed by atoms with Gasteiger partial charge < -0.3 is 4.74 Å². The van der Waals surface area contributed by atoms with Crippen LogP contribution in [0.15, 0.2) is 11.6 Å². The number of fused-ring (bicyclic) bond motifs is 1. The fraction of sp³-hybridized carbons (Fsp3) is 0.733. The molecule has 3 nitrogen and oxygen atoms in total. The molecule has 0 spiro atoms. The Morgan fingerprint density at radius 1 is 1.44 bits per heavy atom. The second kappa shape index (κ2) is 4.22. The van der Waals surface area contributed by atoms with E-state index in [0.29, 0.717) is 18.9 Å². The van der Waals surface area contributed by atoms with Crippen LogP contribution in [0, 0.1) is 17.3 Å². The molecule has 0 amide bonds. The maximum absolute atomic E-state index is 12.1. The molecule has 3 unspecified atom stereocenters. The molecule has 18 heavy (non-hydrogen) atoms. The van der Waals surface area contributed by atoms with Gasteiger partial charge in [-0.1, -0.05) is 18.4 Å². The van der Waals surface area contributed by atoms with Gasteiger partial charge >= 0.3 is 5.97 Å². The summed E-state index contributed by atoms with van der Waals surface area (Å²) in [5.41, 5.74) is 1.26. The van der Waals surface area contributed by atoms with Crippen LogP contribution in [0.25, 0.3) is 0 Å². The first-order valence-electron chi connectivity index (χ1n) is 7.10. The lowest BCUT2D eigenvalue weighted by molar-refractivity contribution is -0.145. The summed E-state index contributed by atoms with van der Waals surface area (Å²) >= 11 is 0. The Balaban J connectivity index is 1.86. The van der Waals surface area contributed by atoms with Crippen LogP contribution in [0.1, 0.15) is 45.4 Å². The van der Waals surface area contributed by atoms with E-state index in [2.05, 4.69) is 0 Å². The van der Waals surface area contributed by atoms with Crippen LogP contribution in [-0.4, -0.2) is 18.4 Å². The van der Waals surface area contributed by atoms with Crippen molar-refractivity contribution in [2.45, 2.75) is 45.4 Å². The molecule has 0 bridgehead atoms. The van der Waals surface area contributed by atoms with Gasteiger partial charge in [-0.15, -0.1) is 0 Å². The van der Waals surface area contributed by atoms with Crippen molar-refractivity contribution in [1.82, 2.24) is 0 Å². The fourth-order valence-electron chi connectivity index (χ4n) is 4.23. The largest absolute Gasteiger partial charge is 0.466 e. The molecule has 0 aromatic heterocycles. The third-order valence-corrected chi connectivity index (χ3v) is 4.98. The highest BCUT2D eigenvalue weighted by Crippen LogP contribution is 2.71. The van der Waals surface area contributed by atoms with Gasteiger partial charge in [0, 0.05) is 11.8 Å². The molecule has 2 fully saturated rings. The van der Waals surface area contributed by atoms with Crippen molar-refractivity contribution in [1.29, 1.82) is 0 Å². The number of esters is 1. The minimum atomic E-state index is -0.0374. The highest BCUT2D eigenvalue weighted by atomic mass is 16.5. The van der Waals surface area contributed by atoms with Crippen LogP contribution in [0.5, 0.6) is 0 Å². The van der Waals surface area contributed by atoms with Crippen molar-refractivity contribution in [3.05, 3.63) is 11.6 Å². The monoisotopic (exact) mass is 248 g/mol. The van der Waals surface area contributed by atoms with Gasteiger partial charge in [-0.3, -0.25) is 9.59 Å². The number of ether oxygens (including phenoxy) is 1. The van der Waals surface area contributed by atoms with E-state index in [1.54, 1.807) is 0 Å². The van der Waals surface area contributed by atoms with Gasteiger partial charge in [-0.05, 0) is 38.2 Å². The van der Waals surface area contributed by atoms with E-state index in [9.17, 15) is 9.59 Å². The van der Waals surface area contributed by atoms with Gasteiger partial charge in [0.25, 0.3) is 0 Å². The molecule has 3 rings (SSSR count). The molecule has 2 saturated carbocycles. The lowest BCUT2D eigenvalue weighted by atomic mass is 9.81. The maximum Gasteiger partial charge on any atom is 0.310 e. The predicted molar refractivity (Wildman–Crippen MR) is 66.8 cm³/mol. The highest BCUT2D eigenvalue weighted by molar-refractivity contribution is 5.94. The number of hydrogen-bond donors (Lipinski definition) is 0. The lowest BCUT2D eigenvalue weighted by Crippen LogP contribution is -2.16. The second-order valence-electron chi connectivity index (χ2n) is 5.76. The Kier molecular flexibility index (Phi) is 2.80. The highest BCUT2D eigenvalue weighted by Gasteiger charge is 2.70.